The van der Waals surface area contributed by atoms with Crippen LogP contribution in [0.4, 0.5) is 0 Å². The molecule has 0 aliphatic heterocycles. The van der Waals surface area contributed by atoms with Gasteiger partial charge in [0, 0.05) is 5.25 Å². The molecule has 0 bridgehead atoms. The Morgan fingerprint density at radius 3 is 2.11 bits per heavy atom. The van der Waals surface area contributed by atoms with Crippen LogP contribution in [-0.4, -0.2) is 5.25 Å². The van der Waals surface area contributed by atoms with Gasteiger partial charge in [-0.2, -0.15) is 0 Å². The maximum Gasteiger partial charge on any atom is 0.0151 e. The summed E-state index contributed by atoms with van der Waals surface area (Å²) < 4.78 is 0. The van der Waals surface area contributed by atoms with E-state index in [0.717, 1.165) is 12.3 Å². The quantitative estimate of drug-likeness (QED) is 0.569. The lowest BCUT2D eigenvalue weighted by molar-refractivity contribution is 0.501. The van der Waals surface area contributed by atoms with Gasteiger partial charge in [-0.25, -0.2) is 0 Å². The normalized spacial score (nSPS) is 17.3. The van der Waals surface area contributed by atoms with E-state index in [1.807, 2.05) is 0 Å². The molecular weight excluding hydrogens is 128 g/mol. The van der Waals surface area contributed by atoms with Gasteiger partial charge in [-0.15, -0.1) is 0 Å². The molecule has 0 aliphatic rings. The van der Waals surface area contributed by atoms with Gasteiger partial charge in [0.05, 0.1) is 0 Å². The van der Waals surface area contributed by atoms with Crippen molar-refractivity contribution in [3.63, 3.8) is 0 Å². The molecule has 0 saturated carbocycles. The van der Waals surface area contributed by atoms with Gasteiger partial charge in [0.15, 0.2) is 0 Å². The summed E-state index contributed by atoms with van der Waals surface area (Å²) in [6, 6.07) is 0. The van der Waals surface area contributed by atoms with Crippen molar-refractivity contribution in [3.05, 3.63) is 0 Å². The van der Waals surface area contributed by atoms with Crippen LogP contribution >= 0.6 is 12.6 Å². The van der Waals surface area contributed by atoms with Gasteiger partial charge >= 0.3 is 0 Å². The van der Waals surface area contributed by atoms with Gasteiger partial charge in [-0.05, 0) is 18.8 Å². The molecule has 0 aromatic carbocycles. The van der Waals surface area contributed by atoms with Crippen molar-refractivity contribution in [2.75, 3.05) is 0 Å². The largest absolute Gasteiger partial charge is 0.0904 e. The van der Waals surface area contributed by atoms with Crippen LogP contribution in [0.3, 0.4) is 0 Å². The average molecular weight is 145 g/mol. The molecule has 0 aromatic rings. The summed E-state index contributed by atoms with van der Waals surface area (Å²) in [6.07, 6.45) is 3.65. The second kappa shape index (κ2) is 5.16. The third-order valence-electron chi connectivity index (χ3n) is 1.82. The smallest absolute Gasteiger partial charge is 0.0151 e. The van der Waals surface area contributed by atoms with Crippen LogP contribution in [-0.2, 0) is 0 Å². The van der Waals surface area contributed by atoms with Crippen LogP contribution in [0.5, 0.6) is 0 Å². The molecule has 55 valence electrons. The van der Waals surface area contributed by atoms with Crippen molar-refractivity contribution < 1.29 is 0 Å². The minimum Gasteiger partial charge on any atom is -0.0904 e. The minimum atomic E-state index is 0.514. The summed E-state index contributed by atoms with van der Waals surface area (Å²) in [5.74, 6) is 0.826. The van der Waals surface area contributed by atoms with Gasteiger partial charge in [0.2, 0.25) is 0 Å². The van der Waals surface area contributed by atoms with Crippen LogP contribution in [0.15, 0.2) is 0 Å². The van der Waals surface area contributed by atoms with E-state index in [-0.39, 0.29) is 0 Å². The summed E-state index contributed by atoms with van der Waals surface area (Å²) in [4.78, 5) is 0. The van der Waals surface area contributed by atoms with E-state index in [9.17, 15) is 0 Å². The zero-order valence-electron chi connectivity index (χ0n) is 6.68. The van der Waals surface area contributed by atoms with Gasteiger partial charge in [0.25, 0.3) is 0 Å². The van der Waals surface area contributed by atoms with Crippen LogP contribution < -0.4 is 0 Å². The predicted octanol–water partition coefficient (Wildman–Crippen LogP) is 3.40. The SMILES string of the molecule is CCC(C)CC([S])CC. The Morgan fingerprint density at radius 1 is 1.22 bits per heavy atom. The molecule has 0 saturated heterocycles. The zero-order chi connectivity index (χ0) is 7.28. The monoisotopic (exact) mass is 145 g/mol. The first-order valence-corrected chi connectivity index (χ1v) is 4.33. The van der Waals surface area contributed by atoms with E-state index in [1.54, 1.807) is 0 Å². The molecule has 0 heterocycles. The Labute approximate surface area is 64.4 Å². The first kappa shape index (κ1) is 9.35. The highest BCUT2D eigenvalue weighted by atomic mass is 32.1. The molecule has 0 fully saturated rings. The van der Waals surface area contributed by atoms with Gasteiger partial charge < -0.3 is 0 Å². The van der Waals surface area contributed by atoms with Crippen molar-refractivity contribution in [1.82, 2.24) is 0 Å². The summed E-state index contributed by atoms with van der Waals surface area (Å²) in [7, 11) is 0. The number of rotatable bonds is 4. The highest BCUT2D eigenvalue weighted by molar-refractivity contribution is 7.80. The second-order valence-electron chi connectivity index (χ2n) is 2.78. The topological polar surface area (TPSA) is 0 Å². The van der Waals surface area contributed by atoms with Crippen LogP contribution in [0, 0.1) is 5.92 Å². The van der Waals surface area contributed by atoms with Gasteiger partial charge in [0.1, 0.15) is 0 Å². The number of hydrogen-bond acceptors (Lipinski definition) is 0. The molecule has 2 unspecified atom stereocenters. The van der Waals surface area contributed by atoms with Crippen LogP contribution in [0.2, 0.25) is 0 Å². The van der Waals surface area contributed by atoms with E-state index in [1.165, 1.54) is 12.8 Å². The zero-order valence-corrected chi connectivity index (χ0v) is 7.50. The van der Waals surface area contributed by atoms with E-state index in [2.05, 4.69) is 20.8 Å². The molecule has 0 N–H and O–H groups in total. The fourth-order valence-corrected chi connectivity index (χ4v) is 1.11. The van der Waals surface area contributed by atoms with E-state index in [4.69, 9.17) is 12.6 Å². The van der Waals surface area contributed by atoms with Gasteiger partial charge in [-0.3, -0.25) is 0 Å². The number of hydrogen-bond donors (Lipinski definition) is 0. The van der Waals surface area contributed by atoms with Crippen molar-refractivity contribution >= 4 is 12.6 Å². The van der Waals surface area contributed by atoms with Crippen molar-refractivity contribution in [3.8, 4) is 0 Å². The third-order valence-corrected chi connectivity index (χ3v) is 2.34. The lowest BCUT2D eigenvalue weighted by Gasteiger charge is -2.11. The Bertz CT molecular complexity index is 53.6. The maximum absolute atomic E-state index is 5.18. The third kappa shape index (κ3) is 4.83. The Hall–Kier alpha value is 0.350. The lowest BCUT2D eigenvalue weighted by atomic mass is 10.0. The average Bonchev–Trinajstić information content (AvgIpc) is 1.87. The highest BCUT2D eigenvalue weighted by Crippen LogP contribution is 2.15. The molecule has 0 aromatic heterocycles. The fraction of sp³-hybridized carbons (Fsp3) is 1.00. The fourth-order valence-electron chi connectivity index (χ4n) is 0.782. The second-order valence-corrected chi connectivity index (χ2v) is 3.45. The van der Waals surface area contributed by atoms with E-state index in [0.29, 0.717) is 5.25 Å². The summed E-state index contributed by atoms with van der Waals surface area (Å²) in [5.41, 5.74) is 0. The predicted molar refractivity (Wildman–Crippen MR) is 45.7 cm³/mol. The van der Waals surface area contributed by atoms with Crippen molar-refractivity contribution in [2.24, 2.45) is 5.92 Å². The Balaban J connectivity index is 3.22. The van der Waals surface area contributed by atoms with E-state index >= 15 is 0 Å². The van der Waals surface area contributed by atoms with Crippen molar-refractivity contribution in [2.45, 2.75) is 45.3 Å². The standard InChI is InChI=1S/C8H17S/c1-4-7(3)6-8(9)5-2/h7-8H,4-6H2,1-3H3. The molecule has 1 heteroatoms. The molecule has 0 rings (SSSR count). The molecule has 1 radical (unpaired) electrons. The highest BCUT2D eigenvalue weighted by Gasteiger charge is 2.05. The molecule has 2 atom stereocenters. The van der Waals surface area contributed by atoms with Crippen molar-refractivity contribution in [1.29, 1.82) is 0 Å². The molecule has 0 nitrogen and oxygen atoms in total. The van der Waals surface area contributed by atoms with Crippen LogP contribution in [0.1, 0.15) is 40.0 Å². The summed E-state index contributed by atoms with van der Waals surface area (Å²) in [5, 5.41) is 0.514. The summed E-state index contributed by atoms with van der Waals surface area (Å²) >= 11 is 5.18. The van der Waals surface area contributed by atoms with E-state index < -0.39 is 0 Å². The first-order chi connectivity index (χ1) is 4.20. The molecule has 0 aliphatic carbocycles. The summed E-state index contributed by atoms with van der Waals surface area (Å²) in [6.45, 7) is 6.66. The Morgan fingerprint density at radius 2 is 1.78 bits per heavy atom. The maximum atomic E-state index is 5.18. The first-order valence-electron chi connectivity index (χ1n) is 3.86. The Kier molecular flexibility index (Phi) is 5.36. The van der Waals surface area contributed by atoms with Crippen LogP contribution in [0.25, 0.3) is 0 Å². The molecular formula is C8H17S. The molecule has 9 heavy (non-hydrogen) atoms. The van der Waals surface area contributed by atoms with Gasteiger partial charge in [-0.1, -0.05) is 39.8 Å². The molecule has 0 amide bonds. The lowest BCUT2D eigenvalue weighted by Crippen LogP contribution is -2.03. The minimum absolute atomic E-state index is 0.514. The molecule has 0 spiro atoms.